The highest BCUT2D eigenvalue weighted by Gasteiger charge is 2.51. The fourth-order valence-electron chi connectivity index (χ4n) is 3.86. The van der Waals surface area contributed by atoms with E-state index in [-0.39, 0.29) is 27.7 Å². The van der Waals surface area contributed by atoms with Crippen LogP contribution >= 0.6 is 23.2 Å². The van der Waals surface area contributed by atoms with Gasteiger partial charge < -0.3 is 19.9 Å². The summed E-state index contributed by atoms with van der Waals surface area (Å²) in [5.74, 6) is -3.08. The maximum atomic E-state index is 14.7. The molecule has 3 aromatic rings. The molecule has 1 unspecified atom stereocenters. The van der Waals surface area contributed by atoms with Gasteiger partial charge in [0.1, 0.15) is 5.02 Å². The summed E-state index contributed by atoms with van der Waals surface area (Å²) in [4.78, 5) is 20.7. The van der Waals surface area contributed by atoms with E-state index in [2.05, 4.69) is 20.6 Å². The summed E-state index contributed by atoms with van der Waals surface area (Å²) < 4.78 is 36.2. The van der Waals surface area contributed by atoms with Crippen LogP contribution in [0.5, 0.6) is 5.75 Å². The first-order valence-corrected chi connectivity index (χ1v) is 10.4. The molecule has 1 aliphatic heterocycles. The van der Waals surface area contributed by atoms with E-state index in [1.807, 2.05) is 0 Å². The number of halogens is 4. The number of nitrogens with zero attached hydrogens (tertiary/aromatic N) is 3. The fourth-order valence-corrected chi connectivity index (χ4v) is 4.13. The van der Waals surface area contributed by atoms with E-state index < -0.39 is 24.1 Å². The third-order valence-corrected chi connectivity index (χ3v) is 6.05. The molecule has 1 saturated carbocycles. The van der Waals surface area contributed by atoms with Crippen LogP contribution in [0.3, 0.4) is 0 Å². The largest absolute Gasteiger partial charge is 0.480 e. The molecule has 0 saturated heterocycles. The number of alkyl halides is 2. The lowest BCUT2D eigenvalue weighted by Gasteiger charge is -2.25. The predicted molar refractivity (Wildman–Crippen MR) is 115 cm³/mol. The average Bonchev–Trinajstić information content (AvgIpc) is 3.56. The van der Waals surface area contributed by atoms with Crippen LogP contribution in [0.4, 0.5) is 26.0 Å². The van der Waals surface area contributed by atoms with Gasteiger partial charge in [-0.1, -0.05) is 11.6 Å². The third-order valence-electron chi connectivity index (χ3n) is 5.59. The van der Waals surface area contributed by atoms with Gasteiger partial charge in [-0.15, -0.1) is 0 Å². The van der Waals surface area contributed by atoms with E-state index in [0.29, 0.717) is 35.2 Å². The van der Waals surface area contributed by atoms with Gasteiger partial charge in [-0.3, -0.25) is 4.79 Å². The number of rotatable bonds is 3. The quantitative estimate of drug-likeness (QED) is 0.548. The molecule has 0 bridgehead atoms. The zero-order valence-corrected chi connectivity index (χ0v) is 17.8. The lowest BCUT2D eigenvalue weighted by atomic mass is 10.0. The van der Waals surface area contributed by atoms with Crippen molar-refractivity contribution in [1.82, 2.24) is 14.5 Å². The minimum atomic E-state index is -3.10. The first-order chi connectivity index (χ1) is 14.7. The minimum absolute atomic E-state index is 0.0218. The number of nitrogens with one attached hydrogen (secondary N) is 2. The first kappa shape index (κ1) is 20.3. The molecule has 0 radical (unpaired) electrons. The Hall–Kier alpha value is -2.65. The number of anilines is 3. The Balaban J connectivity index is 1.65. The van der Waals surface area contributed by atoms with Gasteiger partial charge in [0.2, 0.25) is 11.0 Å². The van der Waals surface area contributed by atoms with E-state index in [0.717, 1.165) is 0 Å². The standard InChI is InChI=1S/C20H17Cl2F2N5O2/c1-29-13-5-4-10(26-17-12(21)7-25-19(22)28-17)6-11(13)14-15(18(29)30)31-8-20(23,24)16(27-14)9-2-3-9/h4-7,9,16,27H,2-3,8H2,1H3,(H,25,26,28). The first-order valence-electron chi connectivity index (χ1n) is 9.63. The predicted octanol–water partition coefficient (Wildman–Crippen LogP) is 4.60. The number of fused-ring (bicyclic) bond motifs is 3. The van der Waals surface area contributed by atoms with Crippen LogP contribution in [0.2, 0.25) is 10.3 Å². The summed E-state index contributed by atoms with van der Waals surface area (Å²) in [5, 5.41) is 6.84. The molecule has 11 heteroatoms. The highest BCUT2D eigenvalue weighted by atomic mass is 35.5. The molecule has 1 fully saturated rings. The zero-order chi connectivity index (χ0) is 21.9. The van der Waals surface area contributed by atoms with E-state index in [4.69, 9.17) is 27.9 Å². The number of benzene rings is 1. The molecule has 2 aromatic heterocycles. The fraction of sp³-hybridized carbons (Fsp3) is 0.350. The Labute approximate surface area is 185 Å². The van der Waals surface area contributed by atoms with Gasteiger partial charge in [0.15, 0.2) is 12.4 Å². The maximum Gasteiger partial charge on any atom is 0.301 e. The van der Waals surface area contributed by atoms with Crippen molar-refractivity contribution < 1.29 is 13.5 Å². The Bertz CT molecular complexity index is 1260. The monoisotopic (exact) mass is 467 g/mol. The number of hydrogen-bond acceptors (Lipinski definition) is 6. The van der Waals surface area contributed by atoms with Gasteiger partial charge in [0.05, 0.1) is 23.4 Å². The molecule has 31 heavy (non-hydrogen) atoms. The molecule has 2 aliphatic rings. The Morgan fingerprint density at radius 3 is 2.84 bits per heavy atom. The normalized spacial score (nSPS) is 19.8. The van der Waals surface area contributed by atoms with Crippen LogP contribution in [0.25, 0.3) is 10.9 Å². The molecule has 3 heterocycles. The van der Waals surface area contributed by atoms with Crippen LogP contribution in [-0.2, 0) is 7.05 Å². The van der Waals surface area contributed by atoms with Crippen molar-refractivity contribution in [2.75, 3.05) is 17.2 Å². The molecule has 5 rings (SSSR count). The number of pyridine rings is 1. The smallest absolute Gasteiger partial charge is 0.301 e. The highest BCUT2D eigenvalue weighted by Crippen LogP contribution is 2.45. The van der Waals surface area contributed by atoms with E-state index in [1.165, 1.54) is 10.8 Å². The number of aromatic nitrogens is 3. The molecule has 0 spiro atoms. The summed E-state index contributed by atoms with van der Waals surface area (Å²) in [5.41, 5.74) is 0.930. The number of ether oxygens (including phenoxy) is 1. The van der Waals surface area contributed by atoms with Crippen LogP contribution in [0.1, 0.15) is 12.8 Å². The lowest BCUT2D eigenvalue weighted by molar-refractivity contribution is -0.0579. The van der Waals surface area contributed by atoms with Gasteiger partial charge in [-0.25, -0.2) is 13.8 Å². The lowest BCUT2D eigenvalue weighted by Crippen LogP contribution is -2.44. The summed E-state index contributed by atoms with van der Waals surface area (Å²) in [6.45, 7) is -0.845. The molecule has 2 N–H and O–H groups in total. The van der Waals surface area contributed by atoms with Gasteiger partial charge >= 0.3 is 5.92 Å². The van der Waals surface area contributed by atoms with Crippen molar-refractivity contribution >= 4 is 51.3 Å². The molecule has 1 atom stereocenters. The maximum absolute atomic E-state index is 14.7. The molecule has 7 nitrogen and oxygen atoms in total. The van der Waals surface area contributed by atoms with E-state index >= 15 is 0 Å². The van der Waals surface area contributed by atoms with Crippen molar-refractivity contribution in [3.8, 4) is 5.75 Å². The van der Waals surface area contributed by atoms with Crippen LogP contribution < -0.4 is 20.9 Å². The topological polar surface area (TPSA) is 81.1 Å². The second-order valence-electron chi connectivity index (χ2n) is 7.77. The average molecular weight is 468 g/mol. The Kier molecular flexibility index (Phi) is 4.71. The zero-order valence-electron chi connectivity index (χ0n) is 16.3. The molecule has 1 aliphatic carbocycles. The third kappa shape index (κ3) is 3.55. The molecule has 1 aromatic carbocycles. The summed E-state index contributed by atoms with van der Waals surface area (Å²) in [6, 6.07) is 4.07. The van der Waals surface area contributed by atoms with Crippen molar-refractivity contribution in [3.63, 3.8) is 0 Å². The van der Waals surface area contributed by atoms with Crippen molar-refractivity contribution in [1.29, 1.82) is 0 Å². The van der Waals surface area contributed by atoms with Gasteiger partial charge in [0.25, 0.3) is 5.56 Å². The molecular formula is C20H17Cl2F2N5O2. The highest BCUT2D eigenvalue weighted by molar-refractivity contribution is 6.33. The van der Waals surface area contributed by atoms with E-state index in [1.54, 1.807) is 25.2 Å². The number of aryl methyl sites for hydroxylation is 1. The summed E-state index contributed by atoms with van der Waals surface area (Å²) in [7, 11) is 1.57. The van der Waals surface area contributed by atoms with Gasteiger partial charge in [-0.2, -0.15) is 4.98 Å². The summed E-state index contributed by atoms with van der Waals surface area (Å²) in [6.07, 6.45) is 2.80. The van der Waals surface area contributed by atoms with Gasteiger partial charge in [0, 0.05) is 18.1 Å². The minimum Gasteiger partial charge on any atom is -0.480 e. The Morgan fingerprint density at radius 1 is 1.32 bits per heavy atom. The van der Waals surface area contributed by atoms with Gasteiger partial charge in [-0.05, 0) is 48.6 Å². The van der Waals surface area contributed by atoms with Crippen LogP contribution in [-0.4, -0.2) is 33.1 Å². The van der Waals surface area contributed by atoms with Crippen molar-refractivity contribution in [2.45, 2.75) is 24.8 Å². The van der Waals surface area contributed by atoms with Crippen molar-refractivity contribution in [3.05, 3.63) is 45.1 Å². The summed E-state index contributed by atoms with van der Waals surface area (Å²) >= 11 is 12.0. The number of hydrogen-bond donors (Lipinski definition) is 2. The van der Waals surface area contributed by atoms with E-state index in [9.17, 15) is 13.6 Å². The molecule has 0 amide bonds. The van der Waals surface area contributed by atoms with Crippen LogP contribution in [0.15, 0.2) is 29.2 Å². The molecule has 162 valence electrons. The second-order valence-corrected chi connectivity index (χ2v) is 8.52. The van der Waals surface area contributed by atoms with Crippen molar-refractivity contribution in [2.24, 2.45) is 13.0 Å². The second kappa shape index (κ2) is 7.20. The van der Waals surface area contributed by atoms with Crippen LogP contribution in [0, 0.1) is 5.92 Å². The SMILES string of the molecule is Cn1c(=O)c2c(c3cc(Nc4nc(Cl)ncc4Cl)ccc31)NC(C1CC1)C(F)(F)CO2. The molecular weight excluding hydrogens is 451 g/mol. The Morgan fingerprint density at radius 2 is 2.10 bits per heavy atom.